The van der Waals surface area contributed by atoms with Gasteiger partial charge in [0.2, 0.25) is 0 Å². The summed E-state index contributed by atoms with van der Waals surface area (Å²) >= 11 is 0. The van der Waals surface area contributed by atoms with Gasteiger partial charge in [0.25, 0.3) is 5.91 Å². The minimum Gasteiger partial charge on any atom is -0.497 e. The summed E-state index contributed by atoms with van der Waals surface area (Å²) < 4.78 is 16.2. The van der Waals surface area contributed by atoms with Gasteiger partial charge in [-0.05, 0) is 48.5 Å². The van der Waals surface area contributed by atoms with E-state index in [0.717, 1.165) is 17.2 Å². The number of benzene rings is 2. The van der Waals surface area contributed by atoms with Crippen molar-refractivity contribution in [1.82, 2.24) is 4.98 Å². The lowest BCUT2D eigenvalue weighted by atomic mass is 10.2. The van der Waals surface area contributed by atoms with Crippen molar-refractivity contribution in [3.05, 3.63) is 66.4 Å². The Labute approximate surface area is 162 Å². The Balaban J connectivity index is 1.41. The summed E-state index contributed by atoms with van der Waals surface area (Å²) in [6, 6.07) is 16.2. The van der Waals surface area contributed by atoms with E-state index in [9.17, 15) is 4.79 Å². The van der Waals surface area contributed by atoms with Crippen LogP contribution < -0.4 is 24.8 Å². The van der Waals surface area contributed by atoms with Crippen LogP contribution in [0.4, 0.5) is 17.2 Å². The van der Waals surface area contributed by atoms with Crippen LogP contribution >= 0.6 is 0 Å². The van der Waals surface area contributed by atoms with Crippen LogP contribution in [0.25, 0.3) is 0 Å². The van der Waals surface area contributed by atoms with Gasteiger partial charge in [0.05, 0.1) is 12.7 Å². The third-order valence-corrected chi connectivity index (χ3v) is 4.19. The Morgan fingerprint density at radius 3 is 2.43 bits per heavy atom. The topological polar surface area (TPSA) is 81.7 Å². The van der Waals surface area contributed by atoms with Gasteiger partial charge in [0, 0.05) is 23.6 Å². The molecule has 1 aliphatic heterocycles. The average molecular weight is 377 g/mol. The molecule has 7 nitrogen and oxygen atoms in total. The highest BCUT2D eigenvalue weighted by atomic mass is 16.6. The van der Waals surface area contributed by atoms with Crippen molar-refractivity contribution in [1.29, 1.82) is 0 Å². The predicted molar refractivity (Wildman–Crippen MR) is 106 cm³/mol. The number of hydrogen-bond acceptors (Lipinski definition) is 6. The summed E-state index contributed by atoms with van der Waals surface area (Å²) in [6.45, 7) is 1.09. The number of ether oxygens (including phenoxy) is 3. The number of anilines is 3. The first-order valence-electron chi connectivity index (χ1n) is 8.79. The third kappa shape index (κ3) is 3.98. The number of nitrogens with one attached hydrogen (secondary N) is 2. The standard InChI is InChI=1S/C21H19N3O4/c1-26-17-6-3-15(4-7-17)24-21(25)14-2-9-20(22-13-14)23-16-5-8-18-19(12-16)28-11-10-27-18/h2-9,12-13H,10-11H2,1H3,(H,22,23)(H,24,25). The molecule has 0 atom stereocenters. The number of carbonyl (C=O) groups is 1. The SMILES string of the molecule is COc1ccc(NC(=O)c2ccc(Nc3ccc4c(c3)OCCO4)nc2)cc1. The first kappa shape index (κ1) is 17.7. The van der Waals surface area contributed by atoms with E-state index in [1.165, 1.54) is 6.20 Å². The largest absolute Gasteiger partial charge is 0.497 e. The Morgan fingerprint density at radius 2 is 1.71 bits per heavy atom. The molecule has 2 N–H and O–H groups in total. The number of methoxy groups -OCH3 is 1. The average Bonchev–Trinajstić information content (AvgIpc) is 2.75. The molecular weight excluding hydrogens is 358 g/mol. The molecule has 0 fully saturated rings. The van der Waals surface area contributed by atoms with Crippen LogP contribution in [0.3, 0.4) is 0 Å². The lowest BCUT2D eigenvalue weighted by Crippen LogP contribution is -2.15. The fourth-order valence-corrected chi connectivity index (χ4v) is 2.75. The number of amides is 1. The Morgan fingerprint density at radius 1 is 0.964 bits per heavy atom. The Bertz CT molecular complexity index is 972. The maximum atomic E-state index is 12.4. The van der Waals surface area contributed by atoms with Gasteiger partial charge in [-0.2, -0.15) is 0 Å². The molecule has 4 rings (SSSR count). The first-order chi connectivity index (χ1) is 13.7. The second-order valence-electron chi connectivity index (χ2n) is 6.10. The molecule has 0 spiro atoms. The van der Waals surface area contributed by atoms with Crippen molar-refractivity contribution >= 4 is 23.1 Å². The number of hydrogen-bond donors (Lipinski definition) is 2. The van der Waals surface area contributed by atoms with E-state index in [0.29, 0.717) is 36.0 Å². The molecule has 0 radical (unpaired) electrons. The molecule has 2 aromatic carbocycles. The molecule has 1 amide bonds. The van der Waals surface area contributed by atoms with Crippen LogP contribution in [0.1, 0.15) is 10.4 Å². The number of fused-ring (bicyclic) bond motifs is 1. The maximum absolute atomic E-state index is 12.4. The zero-order chi connectivity index (χ0) is 19.3. The fraction of sp³-hybridized carbons (Fsp3) is 0.143. The highest BCUT2D eigenvalue weighted by Crippen LogP contribution is 2.33. The molecule has 1 aromatic heterocycles. The van der Waals surface area contributed by atoms with Crippen LogP contribution in [0, 0.1) is 0 Å². The molecule has 0 aliphatic carbocycles. The van der Waals surface area contributed by atoms with Crippen molar-refractivity contribution in [2.45, 2.75) is 0 Å². The second kappa shape index (κ2) is 7.87. The zero-order valence-corrected chi connectivity index (χ0v) is 15.3. The van der Waals surface area contributed by atoms with Crippen LogP contribution in [-0.2, 0) is 0 Å². The van der Waals surface area contributed by atoms with E-state index >= 15 is 0 Å². The van der Waals surface area contributed by atoms with Crippen molar-refractivity contribution in [3.8, 4) is 17.2 Å². The van der Waals surface area contributed by atoms with E-state index in [2.05, 4.69) is 15.6 Å². The predicted octanol–water partition coefficient (Wildman–Crippen LogP) is 3.86. The van der Waals surface area contributed by atoms with Crippen LogP contribution in [0.15, 0.2) is 60.8 Å². The maximum Gasteiger partial charge on any atom is 0.257 e. The molecule has 2 heterocycles. The van der Waals surface area contributed by atoms with Gasteiger partial charge in [-0.15, -0.1) is 0 Å². The van der Waals surface area contributed by atoms with E-state index < -0.39 is 0 Å². The zero-order valence-electron chi connectivity index (χ0n) is 15.3. The highest BCUT2D eigenvalue weighted by molar-refractivity contribution is 6.04. The van der Waals surface area contributed by atoms with Crippen LogP contribution in [0.2, 0.25) is 0 Å². The van der Waals surface area contributed by atoms with Gasteiger partial charge in [0.1, 0.15) is 24.8 Å². The minimum absolute atomic E-state index is 0.233. The number of pyridine rings is 1. The van der Waals surface area contributed by atoms with Crippen LogP contribution in [0.5, 0.6) is 17.2 Å². The van der Waals surface area contributed by atoms with E-state index in [-0.39, 0.29) is 5.91 Å². The van der Waals surface area contributed by atoms with Gasteiger partial charge in [-0.1, -0.05) is 0 Å². The van der Waals surface area contributed by atoms with Gasteiger partial charge >= 0.3 is 0 Å². The molecule has 142 valence electrons. The number of nitrogens with zero attached hydrogens (tertiary/aromatic N) is 1. The highest BCUT2D eigenvalue weighted by Gasteiger charge is 2.12. The lowest BCUT2D eigenvalue weighted by molar-refractivity contribution is 0.102. The molecule has 0 saturated carbocycles. The monoisotopic (exact) mass is 377 g/mol. The molecule has 28 heavy (non-hydrogen) atoms. The van der Waals surface area contributed by atoms with Crippen molar-refractivity contribution < 1.29 is 19.0 Å². The Kier molecular flexibility index (Phi) is 4.97. The van der Waals surface area contributed by atoms with E-state index in [4.69, 9.17) is 14.2 Å². The second-order valence-corrected chi connectivity index (χ2v) is 6.10. The molecular formula is C21H19N3O4. The number of rotatable bonds is 5. The van der Waals surface area contributed by atoms with Crippen molar-refractivity contribution in [2.24, 2.45) is 0 Å². The molecule has 7 heteroatoms. The van der Waals surface area contributed by atoms with Gasteiger partial charge < -0.3 is 24.8 Å². The molecule has 0 saturated heterocycles. The third-order valence-electron chi connectivity index (χ3n) is 4.19. The fourth-order valence-electron chi connectivity index (χ4n) is 2.75. The first-order valence-corrected chi connectivity index (χ1v) is 8.79. The summed E-state index contributed by atoms with van der Waals surface area (Å²) in [5.74, 6) is 2.55. The summed E-state index contributed by atoms with van der Waals surface area (Å²) in [5.41, 5.74) is 1.97. The summed E-state index contributed by atoms with van der Waals surface area (Å²) in [4.78, 5) is 16.7. The van der Waals surface area contributed by atoms with E-state index in [1.807, 2.05) is 18.2 Å². The van der Waals surface area contributed by atoms with Crippen LogP contribution in [-0.4, -0.2) is 31.2 Å². The summed E-state index contributed by atoms with van der Waals surface area (Å²) in [5, 5.41) is 6.02. The van der Waals surface area contributed by atoms with Gasteiger partial charge in [-0.25, -0.2) is 4.98 Å². The number of aromatic nitrogens is 1. The smallest absolute Gasteiger partial charge is 0.257 e. The summed E-state index contributed by atoms with van der Waals surface area (Å²) in [6.07, 6.45) is 1.53. The minimum atomic E-state index is -0.233. The van der Waals surface area contributed by atoms with Crippen molar-refractivity contribution in [2.75, 3.05) is 31.0 Å². The lowest BCUT2D eigenvalue weighted by Gasteiger charge is -2.19. The normalized spacial score (nSPS) is 12.2. The van der Waals surface area contributed by atoms with Crippen molar-refractivity contribution in [3.63, 3.8) is 0 Å². The quantitative estimate of drug-likeness (QED) is 0.703. The van der Waals surface area contributed by atoms with E-state index in [1.54, 1.807) is 43.5 Å². The molecule has 3 aromatic rings. The molecule has 0 bridgehead atoms. The number of carbonyl (C=O) groups excluding carboxylic acids is 1. The van der Waals surface area contributed by atoms with Gasteiger partial charge in [-0.3, -0.25) is 4.79 Å². The molecule has 0 unspecified atom stereocenters. The Hall–Kier alpha value is -3.74. The molecule has 1 aliphatic rings. The van der Waals surface area contributed by atoms with Gasteiger partial charge in [0.15, 0.2) is 11.5 Å². The summed E-state index contributed by atoms with van der Waals surface area (Å²) in [7, 11) is 1.60.